The van der Waals surface area contributed by atoms with Gasteiger partial charge in [-0.1, -0.05) is 35.3 Å². The molecule has 0 aliphatic rings. The topological polar surface area (TPSA) is 86.5 Å². The number of nitrogens with one attached hydrogen (secondary N) is 1. The molecule has 1 atom stereocenters. The number of nitrogens with zero attached hydrogens (tertiary/aromatic N) is 1. The van der Waals surface area contributed by atoms with E-state index in [4.69, 9.17) is 38.4 Å². The van der Waals surface area contributed by atoms with Gasteiger partial charge in [0.1, 0.15) is 11.9 Å². The number of hydrogen-bond acceptors (Lipinski definition) is 5. The maximum atomic E-state index is 13.9. The van der Waals surface area contributed by atoms with E-state index >= 15 is 0 Å². The predicted octanol–water partition coefficient (Wildman–Crippen LogP) is 5.29. The van der Waals surface area contributed by atoms with Crippen LogP contribution < -0.4 is 15.8 Å². The van der Waals surface area contributed by atoms with Gasteiger partial charge in [0.05, 0.1) is 11.6 Å². The molecule has 0 saturated carbocycles. The van der Waals surface area contributed by atoms with Crippen molar-refractivity contribution in [1.29, 1.82) is 0 Å². The molecule has 3 rings (SSSR count). The number of amides is 1. The van der Waals surface area contributed by atoms with Crippen LogP contribution in [0.4, 0.5) is 10.2 Å². The number of ether oxygens (including phenoxy) is 2. The zero-order valence-corrected chi connectivity index (χ0v) is 19.0. The largest absolute Gasteiger partial charge is 0.482 e. The van der Waals surface area contributed by atoms with E-state index in [1.165, 1.54) is 12.1 Å². The van der Waals surface area contributed by atoms with Gasteiger partial charge in [0.15, 0.2) is 11.6 Å². The number of rotatable bonds is 8. The minimum absolute atomic E-state index is 0.105. The number of anilines is 1. The van der Waals surface area contributed by atoms with E-state index in [-0.39, 0.29) is 21.8 Å². The van der Waals surface area contributed by atoms with Gasteiger partial charge in [0.25, 0.3) is 5.91 Å². The van der Waals surface area contributed by atoms with E-state index in [2.05, 4.69) is 10.3 Å². The second-order valence-corrected chi connectivity index (χ2v) is 7.74. The lowest BCUT2D eigenvalue weighted by atomic mass is 10.0. The number of carbonyl (C=O) groups excluding carboxylic acids is 1. The second-order valence-electron chi connectivity index (χ2n) is 6.95. The highest BCUT2D eigenvalue weighted by atomic mass is 35.5. The van der Waals surface area contributed by atoms with Gasteiger partial charge in [-0.3, -0.25) is 4.79 Å². The predicted molar refractivity (Wildman–Crippen MR) is 124 cm³/mol. The van der Waals surface area contributed by atoms with Crippen LogP contribution in [-0.2, 0) is 4.74 Å². The van der Waals surface area contributed by atoms with Crippen molar-refractivity contribution in [2.75, 3.05) is 26.0 Å². The third kappa shape index (κ3) is 5.48. The Balaban J connectivity index is 1.80. The summed E-state index contributed by atoms with van der Waals surface area (Å²) in [5.41, 5.74) is 8.36. The fourth-order valence-corrected chi connectivity index (χ4v) is 3.73. The van der Waals surface area contributed by atoms with Crippen molar-refractivity contribution in [2.24, 2.45) is 0 Å². The Kier molecular flexibility index (Phi) is 7.90. The first-order chi connectivity index (χ1) is 15.3. The molecule has 0 fully saturated rings. The van der Waals surface area contributed by atoms with Gasteiger partial charge in [0.2, 0.25) is 0 Å². The number of benzene rings is 2. The summed E-state index contributed by atoms with van der Waals surface area (Å²) in [5, 5.41) is 2.94. The van der Waals surface area contributed by atoms with Crippen molar-refractivity contribution in [2.45, 2.75) is 13.0 Å². The fraction of sp³-hybridized carbons (Fsp3) is 0.217. The number of methoxy groups -OCH3 is 1. The first-order valence-electron chi connectivity index (χ1n) is 9.75. The van der Waals surface area contributed by atoms with Crippen LogP contribution in [0.15, 0.2) is 48.7 Å². The van der Waals surface area contributed by atoms with Crippen LogP contribution in [0.2, 0.25) is 10.0 Å². The molecule has 0 aliphatic heterocycles. The molecule has 3 N–H and O–H groups in total. The van der Waals surface area contributed by atoms with Gasteiger partial charge >= 0.3 is 0 Å². The molecule has 2 aromatic carbocycles. The summed E-state index contributed by atoms with van der Waals surface area (Å²) in [6.07, 6.45) is 0.922. The molecular weight excluding hydrogens is 456 g/mol. The molecule has 3 aromatic rings. The maximum Gasteiger partial charge on any atom is 0.251 e. The molecule has 1 aromatic heterocycles. The third-order valence-corrected chi connectivity index (χ3v) is 5.46. The van der Waals surface area contributed by atoms with E-state index < -0.39 is 11.9 Å². The van der Waals surface area contributed by atoms with Gasteiger partial charge < -0.3 is 20.5 Å². The highest BCUT2D eigenvalue weighted by molar-refractivity contribution is 6.36. The summed E-state index contributed by atoms with van der Waals surface area (Å²) in [7, 11) is 1.57. The summed E-state index contributed by atoms with van der Waals surface area (Å²) in [4.78, 5) is 16.3. The van der Waals surface area contributed by atoms with Crippen molar-refractivity contribution in [3.63, 3.8) is 0 Å². The summed E-state index contributed by atoms with van der Waals surface area (Å²) in [6.45, 7) is 2.56. The number of pyridine rings is 1. The fourth-order valence-electron chi connectivity index (χ4n) is 3.05. The standard InChI is InChI=1S/C23H22Cl2FN3O3/c1-13(20-17(24)7-8-18(26)21(20)25)32-19-11-16(12-29-22(19)27)14-3-5-15(6-4-14)23(30)28-9-10-31-2/h3-8,11-13H,9-10H2,1-2H3,(H2,27,29)(H,28,30). The summed E-state index contributed by atoms with van der Waals surface area (Å²) in [6, 6.07) is 11.3. The zero-order chi connectivity index (χ0) is 23.3. The molecule has 6 nitrogen and oxygen atoms in total. The highest BCUT2D eigenvalue weighted by Gasteiger charge is 2.20. The summed E-state index contributed by atoms with van der Waals surface area (Å²) >= 11 is 12.3. The Labute approximate surface area is 195 Å². The average molecular weight is 478 g/mol. The number of carbonyl (C=O) groups is 1. The van der Waals surface area contributed by atoms with Crippen molar-refractivity contribution in [3.8, 4) is 16.9 Å². The molecule has 1 heterocycles. The number of nitrogen functional groups attached to an aromatic ring is 1. The first-order valence-corrected chi connectivity index (χ1v) is 10.5. The maximum absolute atomic E-state index is 13.9. The van der Waals surface area contributed by atoms with E-state index in [0.717, 1.165) is 11.1 Å². The van der Waals surface area contributed by atoms with Gasteiger partial charge in [0, 0.05) is 41.6 Å². The van der Waals surface area contributed by atoms with E-state index in [1.807, 2.05) is 0 Å². The van der Waals surface area contributed by atoms with Gasteiger partial charge in [-0.25, -0.2) is 9.37 Å². The highest BCUT2D eigenvalue weighted by Crippen LogP contribution is 2.36. The lowest BCUT2D eigenvalue weighted by Crippen LogP contribution is -2.26. The molecule has 1 unspecified atom stereocenters. The van der Waals surface area contributed by atoms with Crippen molar-refractivity contribution < 1.29 is 18.7 Å². The number of hydrogen-bond donors (Lipinski definition) is 2. The molecule has 0 radical (unpaired) electrons. The molecule has 1 amide bonds. The molecule has 0 saturated heterocycles. The van der Waals surface area contributed by atoms with Crippen LogP contribution >= 0.6 is 23.2 Å². The quantitative estimate of drug-likeness (QED) is 0.339. The third-order valence-electron chi connectivity index (χ3n) is 4.74. The monoisotopic (exact) mass is 477 g/mol. The summed E-state index contributed by atoms with van der Waals surface area (Å²) < 4.78 is 24.7. The van der Waals surface area contributed by atoms with Crippen LogP contribution in [0.25, 0.3) is 11.1 Å². The average Bonchev–Trinajstić information content (AvgIpc) is 2.78. The Morgan fingerprint density at radius 1 is 1.19 bits per heavy atom. The van der Waals surface area contributed by atoms with E-state index in [1.54, 1.807) is 50.6 Å². The zero-order valence-electron chi connectivity index (χ0n) is 17.5. The molecule has 0 aliphatic carbocycles. The van der Waals surface area contributed by atoms with Crippen LogP contribution in [0.1, 0.15) is 28.9 Å². The smallest absolute Gasteiger partial charge is 0.251 e. The number of aromatic nitrogens is 1. The lowest BCUT2D eigenvalue weighted by molar-refractivity contribution is 0.0937. The van der Waals surface area contributed by atoms with Crippen molar-refractivity contribution in [3.05, 3.63) is 75.7 Å². The molecule has 0 spiro atoms. The van der Waals surface area contributed by atoms with Crippen molar-refractivity contribution >= 4 is 34.9 Å². The molecular formula is C23H22Cl2FN3O3. The number of nitrogens with two attached hydrogens (primary N) is 1. The first kappa shape index (κ1) is 23.8. The van der Waals surface area contributed by atoms with Gasteiger partial charge in [-0.15, -0.1) is 0 Å². The molecule has 0 bridgehead atoms. The SMILES string of the molecule is COCCNC(=O)c1ccc(-c2cnc(N)c(OC(C)c3c(Cl)ccc(F)c3Cl)c2)cc1. The Morgan fingerprint density at radius 3 is 2.59 bits per heavy atom. The minimum Gasteiger partial charge on any atom is -0.482 e. The lowest BCUT2D eigenvalue weighted by Gasteiger charge is -2.19. The molecule has 168 valence electrons. The molecule has 9 heteroatoms. The Morgan fingerprint density at radius 2 is 1.91 bits per heavy atom. The van der Waals surface area contributed by atoms with Crippen molar-refractivity contribution in [1.82, 2.24) is 10.3 Å². The van der Waals surface area contributed by atoms with E-state index in [0.29, 0.717) is 30.0 Å². The minimum atomic E-state index is -0.678. The van der Waals surface area contributed by atoms with Crippen LogP contribution in [-0.4, -0.2) is 31.2 Å². The Bertz CT molecular complexity index is 1110. The van der Waals surface area contributed by atoms with Gasteiger partial charge in [-0.05, 0) is 42.8 Å². The van der Waals surface area contributed by atoms with E-state index in [9.17, 15) is 9.18 Å². The normalized spacial score (nSPS) is 11.8. The van der Waals surface area contributed by atoms with Crippen LogP contribution in [0.5, 0.6) is 5.75 Å². The Hall–Kier alpha value is -2.87. The second kappa shape index (κ2) is 10.6. The molecule has 32 heavy (non-hydrogen) atoms. The van der Waals surface area contributed by atoms with Crippen LogP contribution in [0, 0.1) is 5.82 Å². The van der Waals surface area contributed by atoms with Gasteiger partial charge in [-0.2, -0.15) is 0 Å². The van der Waals surface area contributed by atoms with Crippen LogP contribution in [0.3, 0.4) is 0 Å². The summed E-state index contributed by atoms with van der Waals surface area (Å²) in [5.74, 6) is -0.315. The number of halogens is 3.